The number of fused-ring (bicyclic) bond motifs is 1. The molecule has 0 aromatic heterocycles. The normalized spacial score (nSPS) is 26.8. The molecule has 1 unspecified atom stereocenters. The lowest BCUT2D eigenvalue weighted by atomic mass is 9.70. The standard InChI is InChI=1S/C13H14O5/c1-6(14)12-8-3-7(15)4-9(16)11(8)10(17)5-13(12,2)18/h3-4,12,15-16,18H,5H2,1-2H3/t12?,13-/m1/s1. The van der Waals surface area contributed by atoms with Crippen molar-refractivity contribution >= 4 is 11.6 Å². The minimum Gasteiger partial charge on any atom is -0.508 e. The minimum absolute atomic E-state index is 0.0134. The highest BCUT2D eigenvalue weighted by molar-refractivity contribution is 6.05. The smallest absolute Gasteiger partial charge is 0.169 e. The van der Waals surface area contributed by atoms with E-state index in [-0.39, 0.29) is 34.8 Å². The van der Waals surface area contributed by atoms with Gasteiger partial charge >= 0.3 is 0 Å². The molecule has 0 bridgehead atoms. The quantitative estimate of drug-likeness (QED) is 0.694. The maximum Gasteiger partial charge on any atom is 0.169 e. The van der Waals surface area contributed by atoms with Gasteiger partial charge < -0.3 is 15.3 Å². The molecule has 0 spiro atoms. The summed E-state index contributed by atoms with van der Waals surface area (Å²) in [5, 5.41) is 29.4. The molecule has 3 N–H and O–H groups in total. The van der Waals surface area contributed by atoms with Crippen LogP contribution in [0.25, 0.3) is 0 Å². The van der Waals surface area contributed by atoms with Crippen LogP contribution in [0, 0.1) is 0 Å². The van der Waals surface area contributed by atoms with Crippen LogP contribution in [-0.2, 0) is 4.79 Å². The van der Waals surface area contributed by atoms with Gasteiger partial charge in [0.15, 0.2) is 5.78 Å². The number of carbonyl (C=O) groups is 2. The molecule has 1 aromatic rings. The first kappa shape index (κ1) is 12.6. The van der Waals surface area contributed by atoms with Gasteiger partial charge in [-0.3, -0.25) is 9.59 Å². The summed E-state index contributed by atoms with van der Waals surface area (Å²) < 4.78 is 0. The molecular formula is C13H14O5. The summed E-state index contributed by atoms with van der Waals surface area (Å²) in [6.45, 7) is 2.71. The molecule has 1 aliphatic carbocycles. The van der Waals surface area contributed by atoms with Crippen LogP contribution in [0.15, 0.2) is 12.1 Å². The molecule has 0 aliphatic heterocycles. The number of aliphatic hydroxyl groups is 1. The zero-order valence-corrected chi connectivity index (χ0v) is 10.1. The summed E-state index contributed by atoms with van der Waals surface area (Å²) in [4.78, 5) is 23.6. The van der Waals surface area contributed by atoms with Gasteiger partial charge in [-0.25, -0.2) is 0 Å². The Hall–Kier alpha value is -1.88. The van der Waals surface area contributed by atoms with E-state index in [1.54, 1.807) is 0 Å². The van der Waals surface area contributed by atoms with Crippen molar-refractivity contribution < 1.29 is 24.9 Å². The summed E-state index contributed by atoms with van der Waals surface area (Å²) in [5.74, 6) is -2.30. The summed E-state index contributed by atoms with van der Waals surface area (Å²) >= 11 is 0. The van der Waals surface area contributed by atoms with Crippen LogP contribution < -0.4 is 0 Å². The zero-order chi connectivity index (χ0) is 13.7. The fourth-order valence-electron chi connectivity index (χ4n) is 2.67. The van der Waals surface area contributed by atoms with Crippen molar-refractivity contribution in [2.45, 2.75) is 31.8 Å². The number of Topliss-reactive ketones (excluding diaryl/α,β-unsaturated/α-hetero) is 2. The molecule has 0 fully saturated rings. The third-order valence-electron chi connectivity index (χ3n) is 3.27. The Kier molecular flexibility index (Phi) is 2.66. The first-order chi connectivity index (χ1) is 8.24. The third kappa shape index (κ3) is 1.76. The lowest BCUT2D eigenvalue weighted by Gasteiger charge is -2.36. The van der Waals surface area contributed by atoms with Gasteiger partial charge in [-0.1, -0.05) is 0 Å². The van der Waals surface area contributed by atoms with Gasteiger partial charge in [0.05, 0.1) is 17.1 Å². The van der Waals surface area contributed by atoms with Crippen LogP contribution in [0.4, 0.5) is 0 Å². The maximum absolute atomic E-state index is 11.9. The summed E-state index contributed by atoms with van der Waals surface area (Å²) in [5.41, 5.74) is -1.31. The topological polar surface area (TPSA) is 94.8 Å². The number of rotatable bonds is 1. The maximum atomic E-state index is 11.9. The number of hydrogen-bond acceptors (Lipinski definition) is 5. The van der Waals surface area contributed by atoms with Crippen molar-refractivity contribution in [2.24, 2.45) is 0 Å². The molecule has 2 rings (SSSR count). The molecule has 2 atom stereocenters. The summed E-state index contributed by atoms with van der Waals surface area (Å²) in [6, 6.07) is 2.29. The average Bonchev–Trinajstić information content (AvgIpc) is 2.11. The second-order valence-electron chi connectivity index (χ2n) is 4.93. The van der Waals surface area contributed by atoms with Gasteiger partial charge in [0.2, 0.25) is 0 Å². The van der Waals surface area contributed by atoms with Gasteiger partial charge in [0.1, 0.15) is 17.3 Å². The molecule has 0 saturated heterocycles. The van der Waals surface area contributed by atoms with Crippen LogP contribution in [0.2, 0.25) is 0 Å². The first-order valence-electron chi connectivity index (χ1n) is 5.56. The lowest BCUT2D eigenvalue weighted by Crippen LogP contribution is -2.43. The molecule has 1 aromatic carbocycles. The van der Waals surface area contributed by atoms with E-state index in [4.69, 9.17) is 0 Å². The highest BCUT2D eigenvalue weighted by Gasteiger charge is 2.45. The Morgan fingerprint density at radius 3 is 2.56 bits per heavy atom. The van der Waals surface area contributed by atoms with Crippen molar-refractivity contribution in [3.05, 3.63) is 23.3 Å². The Morgan fingerprint density at radius 2 is 2.00 bits per heavy atom. The predicted molar refractivity (Wildman–Crippen MR) is 62.8 cm³/mol. The number of carbonyl (C=O) groups excluding carboxylic acids is 2. The van der Waals surface area contributed by atoms with Crippen molar-refractivity contribution in [3.8, 4) is 11.5 Å². The van der Waals surface area contributed by atoms with E-state index in [2.05, 4.69) is 0 Å². The number of phenols is 2. The molecule has 18 heavy (non-hydrogen) atoms. The second kappa shape index (κ2) is 3.81. The van der Waals surface area contributed by atoms with Crippen LogP contribution in [0.3, 0.4) is 0 Å². The molecule has 5 heteroatoms. The Balaban J connectivity index is 2.75. The van der Waals surface area contributed by atoms with Crippen LogP contribution in [0.1, 0.15) is 42.1 Å². The van der Waals surface area contributed by atoms with Gasteiger partial charge in [0, 0.05) is 12.5 Å². The van der Waals surface area contributed by atoms with Crippen LogP contribution >= 0.6 is 0 Å². The molecule has 0 saturated carbocycles. The molecule has 0 radical (unpaired) electrons. The molecule has 1 aliphatic rings. The number of hydrogen-bond donors (Lipinski definition) is 3. The molecule has 96 valence electrons. The van der Waals surface area contributed by atoms with Crippen molar-refractivity contribution in [1.29, 1.82) is 0 Å². The van der Waals surface area contributed by atoms with Crippen LogP contribution in [0.5, 0.6) is 11.5 Å². The molecular weight excluding hydrogens is 236 g/mol. The Bertz CT molecular complexity index is 545. The first-order valence-corrected chi connectivity index (χ1v) is 5.56. The molecule has 5 nitrogen and oxygen atoms in total. The van der Waals surface area contributed by atoms with Crippen molar-refractivity contribution in [1.82, 2.24) is 0 Å². The van der Waals surface area contributed by atoms with Crippen LogP contribution in [-0.4, -0.2) is 32.5 Å². The van der Waals surface area contributed by atoms with Gasteiger partial charge in [-0.2, -0.15) is 0 Å². The number of benzene rings is 1. The van der Waals surface area contributed by atoms with E-state index in [0.29, 0.717) is 0 Å². The SMILES string of the molecule is CC(=O)C1c2cc(O)cc(O)c2C(=O)C[C@@]1(C)O. The minimum atomic E-state index is -1.50. The summed E-state index contributed by atoms with van der Waals surface area (Å²) in [6.07, 6.45) is -0.234. The number of ketones is 2. The molecule has 0 heterocycles. The van der Waals surface area contributed by atoms with E-state index in [9.17, 15) is 24.9 Å². The zero-order valence-electron chi connectivity index (χ0n) is 10.1. The van der Waals surface area contributed by atoms with E-state index in [1.807, 2.05) is 0 Å². The highest BCUT2D eigenvalue weighted by atomic mass is 16.3. The van der Waals surface area contributed by atoms with E-state index in [1.165, 1.54) is 19.9 Å². The van der Waals surface area contributed by atoms with E-state index < -0.39 is 17.3 Å². The van der Waals surface area contributed by atoms with Gasteiger partial charge in [0.25, 0.3) is 0 Å². The third-order valence-corrected chi connectivity index (χ3v) is 3.27. The van der Waals surface area contributed by atoms with E-state index >= 15 is 0 Å². The van der Waals surface area contributed by atoms with Gasteiger partial charge in [-0.05, 0) is 25.5 Å². The number of phenolic OH excluding ortho intramolecular Hbond substituents is 2. The fraction of sp³-hybridized carbons (Fsp3) is 0.385. The number of aromatic hydroxyl groups is 2. The average molecular weight is 250 g/mol. The Labute approximate surface area is 104 Å². The molecule has 0 amide bonds. The van der Waals surface area contributed by atoms with E-state index in [0.717, 1.165) is 6.07 Å². The van der Waals surface area contributed by atoms with Gasteiger partial charge in [-0.15, -0.1) is 0 Å². The van der Waals surface area contributed by atoms with Crippen molar-refractivity contribution in [3.63, 3.8) is 0 Å². The second-order valence-corrected chi connectivity index (χ2v) is 4.93. The highest BCUT2D eigenvalue weighted by Crippen LogP contribution is 2.44. The van der Waals surface area contributed by atoms with Crippen molar-refractivity contribution in [2.75, 3.05) is 0 Å². The fourth-order valence-corrected chi connectivity index (χ4v) is 2.67. The largest absolute Gasteiger partial charge is 0.508 e. The monoisotopic (exact) mass is 250 g/mol. The summed E-state index contributed by atoms with van der Waals surface area (Å²) in [7, 11) is 0. The predicted octanol–water partition coefficient (Wildman–Crippen LogP) is 1.11. The lowest BCUT2D eigenvalue weighted by molar-refractivity contribution is -0.124. The Morgan fingerprint density at radius 1 is 1.39 bits per heavy atom.